The van der Waals surface area contributed by atoms with Crippen LogP contribution in [0.4, 0.5) is 5.69 Å². The Balaban J connectivity index is 1.53. The molecule has 0 heterocycles. The Labute approximate surface area is 163 Å². The Morgan fingerprint density at radius 2 is 1.44 bits per heavy atom. The van der Waals surface area contributed by atoms with Crippen LogP contribution in [0.25, 0.3) is 11.1 Å². The van der Waals surface area contributed by atoms with E-state index in [-0.39, 0.29) is 18.4 Å². The number of amides is 2. The number of hydrogen-bond donors (Lipinski definition) is 2. The van der Waals surface area contributed by atoms with Gasteiger partial charge < -0.3 is 10.6 Å². The normalized spacial score (nSPS) is 10.3. The predicted molar refractivity (Wildman–Crippen MR) is 111 cm³/mol. The third kappa shape index (κ3) is 5.21. The number of nitrogens with one attached hydrogen (secondary N) is 2. The first-order valence-corrected chi connectivity index (χ1v) is 9.76. The average Bonchev–Trinajstić information content (AvgIpc) is 2.73. The number of carbonyl (C=O) groups excluding carboxylic acids is 2. The van der Waals surface area contributed by atoms with Gasteiger partial charge in [-0.3, -0.25) is 9.59 Å². The average molecular weight is 376 g/mol. The van der Waals surface area contributed by atoms with Gasteiger partial charge in [0, 0.05) is 16.1 Å². The van der Waals surface area contributed by atoms with Crippen molar-refractivity contribution in [3.63, 3.8) is 0 Å². The Hall–Kier alpha value is -3.05. The molecule has 0 saturated carbocycles. The van der Waals surface area contributed by atoms with Crippen LogP contribution in [-0.2, 0) is 4.79 Å². The van der Waals surface area contributed by atoms with Crippen LogP contribution in [0.15, 0.2) is 83.8 Å². The van der Waals surface area contributed by atoms with Gasteiger partial charge in [-0.25, -0.2) is 0 Å². The lowest BCUT2D eigenvalue weighted by molar-refractivity contribution is -0.115. The minimum Gasteiger partial charge on any atom is -0.343 e. The van der Waals surface area contributed by atoms with Gasteiger partial charge in [-0.05, 0) is 53.8 Å². The number of anilines is 1. The van der Waals surface area contributed by atoms with Crippen molar-refractivity contribution in [1.29, 1.82) is 0 Å². The maximum Gasteiger partial charge on any atom is 0.251 e. The van der Waals surface area contributed by atoms with Crippen molar-refractivity contribution >= 4 is 29.3 Å². The zero-order valence-corrected chi connectivity index (χ0v) is 15.8. The van der Waals surface area contributed by atoms with Crippen LogP contribution in [0.1, 0.15) is 10.4 Å². The van der Waals surface area contributed by atoms with E-state index in [1.165, 1.54) is 0 Å². The van der Waals surface area contributed by atoms with Gasteiger partial charge >= 0.3 is 0 Å². The molecular weight excluding hydrogens is 356 g/mol. The topological polar surface area (TPSA) is 58.2 Å². The molecule has 4 nitrogen and oxygen atoms in total. The van der Waals surface area contributed by atoms with Crippen molar-refractivity contribution in [1.82, 2.24) is 5.32 Å². The highest BCUT2D eigenvalue weighted by atomic mass is 32.2. The predicted octanol–water partition coefficient (Wildman–Crippen LogP) is 4.44. The highest BCUT2D eigenvalue weighted by Crippen LogP contribution is 2.19. The second-order valence-electron chi connectivity index (χ2n) is 5.90. The fraction of sp³-hybridized carbons (Fsp3) is 0.0909. The highest BCUT2D eigenvalue weighted by molar-refractivity contribution is 7.98. The van der Waals surface area contributed by atoms with Gasteiger partial charge in [-0.2, -0.15) is 0 Å². The molecule has 2 N–H and O–H groups in total. The maximum absolute atomic E-state index is 12.2. The molecule has 0 unspecified atom stereocenters. The van der Waals surface area contributed by atoms with Crippen LogP contribution in [0.3, 0.4) is 0 Å². The molecule has 0 aliphatic heterocycles. The fourth-order valence-electron chi connectivity index (χ4n) is 2.59. The molecule has 0 aliphatic carbocycles. The maximum atomic E-state index is 12.2. The number of benzene rings is 3. The standard InChI is InChI=1S/C22H20N2O2S/c1-27-20-13-11-19(12-14-20)24-21(25)15-23-22(26)18-9-7-17(8-10-18)16-5-3-2-4-6-16/h2-14H,15H2,1H3,(H,23,26)(H,24,25). The summed E-state index contributed by atoms with van der Waals surface area (Å²) in [5.41, 5.74) is 3.36. The second kappa shape index (κ2) is 9.05. The molecule has 0 spiro atoms. The SMILES string of the molecule is CSc1ccc(NC(=O)CNC(=O)c2ccc(-c3ccccc3)cc2)cc1. The molecule has 136 valence electrons. The molecule has 0 aliphatic rings. The summed E-state index contributed by atoms with van der Waals surface area (Å²) in [5.74, 6) is -0.538. The first-order valence-electron chi connectivity index (χ1n) is 8.53. The van der Waals surface area contributed by atoms with Crippen molar-refractivity contribution in [3.05, 3.63) is 84.4 Å². The van der Waals surface area contributed by atoms with E-state index in [0.717, 1.165) is 16.0 Å². The van der Waals surface area contributed by atoms with Crippen molar-refractivity contribution in [2.24, 2.45) is 0 Å². The molecule has 5 heteroatoms. The van der Waals surface area contributed by atoms with Crippen LogP contribution in [0, 0.1) is 0 Å². The van der Waals surface area contributed by atoms with Gasteiger partial charge in [0.25, 0.3) is 5.91 Å². The Morgan fingerprint density at radius 3 is 2.07 bits per heavy atom. The summed E-state index contributed by atoms with van der Waals surface area (Å²) in [7, 11) is 0. The molecule has 3 aromatic carbocycles. The Morgan fingerprint density at radius 1 is 0.815 bits per heavy atom. The summed E-state index contributed by atoms with van der Waals surface area (Å²) >= 11 is 1.64. The van der Waals surface area contributed by atoms with Gasteiger partial charge in [0.05, 0.1) is 6.54 Å². The zero-order valence-electron chi connectivity index (χ0n) is 14.9. The van der Waals surface area contributed by atoms with Crippen LogP contribution in [0.2, 0.25) is 0 Å². The first kappa shape index (κ1) is 18.7. The molecule has 3 aromatic rings. The monoisotopic (exact) mass is 376 g/mol. The van der Waals surface area contributed by atoms with Crippen LogP contribution in [-0.4, -0.2) is 24.6 Å². The van der Waals surface area contributed by atoms with Crippen LogP contribution >= 0.6 is 11.8 Å². The van der Waals surface area contributed by atoms with E-state index in [1.54, 1.807) is 23.9 Å². The number of thioether (sulfide) groups is 1. The molecule has 0 atom stereocenters. The van der Waals surface area contributed by atoms with Crippen molar-refractivity contribution in [3.8, 4) is 11.1 Å². The molecule has 0 fully saturated rings. The quantitative estimate of drug-likeness (QED) is 0.625. The van der Waals surface area contributed by atoms with Gasteiger partial charge in [-0.1, -0.05) is 42.5 Å². The van der Waals surface area contributed by atoms with Crippen molar-refractivity contribution in [2.75, 3.05) is 18.1 Å². The first-order chi connectivity index (χ1) is 13.2. The van der Waals surface area contributed by atoms with E-state index < -0.39 is 0 Å². The van der Waals surface area contributed by atoms with Gasteiger partial charge in [-0.15, -0.1) is 11.8 Å². The summed E-state index contributed by atoms with van der Waals surface area (Å²) in [6.07, 6.45) is 2.00. The minimum atomic E-state index is -0.275. The molecule has 2 amide bonds. The molecule has 0 radical (unpaired) electrons. The van der Waals surface area contributed by atoms with Crippen LogP contribution in [0.5, 0.6) is 0 Å². The Kier molecular flexibility index (Phi) is 6.28. The third-order valence-electron chi connectivity index (χ3n) is 4.04. The lowest BCUT2D eigenvalue weighted by atomic mass is 10.0. The highest BCUT2D eigenvalue weighted by Gasteiger charge is 2.09. The number of hydrogen-bond acceptors (Lipinski definition) is 3. The molecule has 0 saturated heterocycles. The van der Waals surface area contributed by atoms with E-state index in [9.17, 15) is 9.59 Å². The van der Waals surface area contributed by atoms with Crippen molar-refractivity contribution < 1.29 is 9.59 Å². The van der Waals surface area contributed by atoms with E-state index >= 15 is 0 Å². The van der Waals surface area contributed by atoms with E-state index in [2.05, 4.69) is 10.6 Å². The van der Waals surface area contributed by atoms with E-state index in [1.807, 2.05) is 73.0 Å². The summed E-state index contributed by atoms with van der Waals surface area (Å²) in [4.78, 5) is 25.4. The van der Waals surface area contributed by atoms with Gasteiger partial charge in [0.2, 0.25) is 5.91 Å². The zero-order chi connectivity index (χ0) is 19.1. The summed E-state index contributed by atoms with van der Waals surface area (Å²) in [6.45, 7) is -0.0798. The fourth-order valence-corrected chi connectivity index (χ4v) is 3.00. The molecular formula is C22H20N2O2S. The lowest BCUT2D eigenvalue weighted by Crippen LogP contribution is -2.32. The van der Waals surface area contributed by atoms with Crippen molar-refractivity contribution in [2.45, 2.75) is 4.90 Å². The second-order valence-corrected chi connectivity index (χ2v) is 6.78. The summed E-state index contributed by atoms with van der Waals surface area (Å²) in [5, 5.41) is 5.41. The third-order valence-corrected chi connectivity index (χ3v) is 4.78. The molecule has 0 aromatic heterocycles. The van der Waals surface area contributed by atoms with E-state index in [4.69, 9.17) is 0 Å². The molecule has 0 bridgehead atoms. The van der Waals surface area contributed by atoms with Gasteiger partial charge in [0.1, 0.15) is 0 Å². The molecule has 27 heavy (non-hydrogen) atoms. The number of rotatable bonds is 6. The number of carbonyl (C=O) groups is 2. The van der Waals surface area contributed by atoms with Crippen LogP contribution < -0.4 is 10.6 Å². The lowest BCUT2D eigenvalue weighted by Gasteiger charge is -2.08. The van der Waals surface area contributed by atoms with Gasteiger partial charge in [0.15, 0.2) is 0 Å². The summed E-state index contributed by atoms with van der Waals surface area (Å²) in [6, 6.07) is 24.8. The smallest absolute Gasteiger partial charge is 0.251 e. The largest absolute Gasteiger partial charge is 0.343 e. The Bertz CT molecular complexity index is 907. The minimum absolute atomic E-state index is 0.0798. The molecule has 3 rings (SSSR count). The summed E-state index contributed by atoms with van der Waals surface area (Å²) < 4.78 is 0. The van der Waals surface area contributed by atoms with E-state index in [0.29, 0.717) is 11.3 Å².